The first-order valence-electron chi connectivity index (χ1n) is 24.7. The molecule has 0 aromatic rings. The lowest BCUT2D eigenvalue weighted by atomic mass is 9.66. The number of ketones is 4. The predicted octanol–water partition coefficient (Wildman–Crippen LogP) is 16.2. The number of carboxylic acid groups (broad SMARTS) is 1. The van der Waals surface area contributed by atoms with Crippen LogP contribution in [0.3, 0.4) is 0 Å². The number of rotatable bonds is 10. The van der Waals surface area contributed by atoms with Crippen molar-refractivity contribution in [2.24, 2.45) is 72.4 Å². The van der Waals surface area contributed by atoms with Gasteiger partial charge in [-0.25, -0.2) is 0 Å². The van der Waals surface area contributed by atoms with Crippen LogP contribution in [0.15, 0.2) is 0 Å². The molecule has 0 radical (unpaired) electrons. The number of aliphatic carboxylic acids is 1. The van der Waals surface area contributed by atoms with Crippen LogP contribution >= 0.6 is 0 Å². The molecule has 6 heteroatoms. The zero-order valence-electron chi connectivity index (χ0n) is 46.0. The molecule has 0 amide bonds. The van der Waals surface area contributed by atoms with Crippen molar-refractivity contribution in [3.63, 3.8) is 0 Å². The number of hydrogen-bond acceptors (Lipinski definition) is 5. The van der Waals surface area contributed by atoms with E-state index in [-0.39, 0.29) is 60.4 Å². The van der Waals surface area contributed by atoms with Crippen LogP contribution < -0.4 is 0 Å². The van der Waals surface area contributed by atoms with Gasteiger partial charge in [0.1, 0.15) is 23.1 Å². The molecular weight excluding hydrogens is 769 g/mol. The molecule has 3 rings (SSSR count). The lowest BCUT2D eigenvalue weighted by molar-refractivity contribution is -0.147. The van der Waals surface area contributed by atoms with E-state index in [1.54, 1.807) is 27.7 Å². The Morgan fingerprint density at radius 2 is 0.984 bits per heavy atom. The Bertz CT molecular complexity index is 1390. The third kappa shape index (κ3) is 21.4. The van der Waals surface area contributed by atoms with Crippen LogP contribution in [0, 0.1) is 72.4 Å². The highest BCUT2D eigenvalue weighted by molar-refractivity contribution is 5.84. The van der Waals surface area contributed by atoms with Gasteiger partial charge < -0.3 is 5.11 Å². The van der Waals surface area contributed by atoms with Crippen molar-refractivity contribution in [1.82, 2.24) is 0 Å². The number of hydrogen-bond donors (Lipinski definition) is 1. The predicted molar refractivity (Wildman–Crippen MR) is 265 cm³/mol. The van der Waals surface area contributed by atoms with E-state index < -0.39 is 5.97 Å². The quantitative estimate of drug-likeness (QED) is 0.234. The van der Waals surface area contributed by atoms with E-state index in [0.29, 0.717) is 35.1 Å². The van der Waals surface area contributed by atoms with Crippen molar-refractivity contribution in [2.45, 2.75) is 257 Å². The van der Waals surface area contributed by atoms with Crippen LogP contribution in [-0.2, 0) is 24.0 Å². The van der Waals surface area contributed by atoms with E-state index in [9.17, 15) is 24.0 Å². The maximum absolute atomic E-state index is 11.6. The largest absolute Gasteiger partial charge is 0.481 e. The van der Waals surface area contributed by atoms with E-state index in [2.05, 4.69) is 132 Å². The second-order valence-electron chi connectivity index (χ2n) is 27.2. The Kier molecular flexibility index (Phi) is 23.6. The number of Topliss-reactive ketones (excluding diaryl/α,β-unsaturated/α-hetero) is 4. The van der Waals surface area contributed by atoms with Gasteiger partial charge in [0.2, 0.25) is 0 Å². The van der Waals surface area contributed by atoms with Crippen molar-refractivity contribution >= 4 is 29.1 Å². The lowest BCUT2D eigenvalue weighted by Crippen LogP contribution is -2.35. The average molecular weight is 875 g/mol. The number of carbonyl (C=O) groups excluding carboxylic acids is 4. The fourth-order valence-corrected chi connectivity index (χ4v) is 11.8. The zero-order chi connectivity index (χ0) is 49.9. The highest BCUT2D eigenvalue weighted by atomic mass is 16.4. The Hall–Kier alpha value is -1.85. The molecule has 1 N–H and O–H groups in total. The Balaban J connectivity index is 0. The molecule has 3 aliphatic carbocycles. The average Bonchev–Trinajstić information content (AvgIpc) is 3.38. The summed E-state index contributed by atoms with van der Waals surface area (Å²) < 4.78 is 0. The van der Waals surface area contributed by atoms with Crippen LogP contribution in [-0.4, -0.2) is 34.2 Å². The molecule has 0 bridgehead atoms. The van der Waals surface area contributed by atoms with Crippen molar-refractivity contribution in [1.29, 1.82) is 0 Å². The molecule has 0 aromatic heterocycles. The molecule has 3 aliphatic rings. The molecule has 0 saturated heterocycles. The summed E-state index contributed by atoms with van der Waals surface area (Å²) in [5.74, 6) is 1.95. The van der Waals surface area contributed by atoms with E-state index in [4.69, 9.17) is 5.11 Å². The van der Waals surface area contributed by atoms with E-state index >= 15 is 0 Å². The van der Waals surface area contributed by atoms with Gasteiger partial charge in [0.15, 0.2) is 0 Å². The number of carboxylic acids is 1. The van der Waals surface area contributed by atoms with Gasteiger partial charge in [-0.3, -0.25) is 24.0 Å². The highest BCUT2D eigenvalue weighted by Crippen LogP contribution is 2.65. The Labute approximate surface area is 385 Å². The minimum atomic E-state index is -0.598. The van der Waals surface area contributed by atoms with Crippen molar-refractivity contribution < 1.29 is 29.1 Å². The normalized spacial score (nSPS) is 22.4. The first kappa shape index (κ1) is 62.2. The molecule has 3 saturated carbocycles. The van der Waals surface area contributed by atoms with Gasteiger partial charge in [-0.05, 0) is 130 Å². The van der Waals surface area contributed by atoms with Gasteiger partial charge in [0.05, 0.1) is 5.92 Å². The Morgan fingerprint density at radius 1 is 0.565 bits per heavy atom. The zero-order valence-corrected chi connectivity index (χ0v) is 46.0. The van der Waals surface area contributed by atoms with Crippen LogP contribution in [0.2, 0.25) is 0 Å². The second kappa shape index (κ2) is 23.6. The monoisotopic (exact) mass is 875 g/mol. The molecule has 0 aliphatic heterocycles. The second-order valence-corrected chi connectivity index (χ2v) is 27.2. The van der Waals surface area contributed by atoms with Gasteiger partial charge in [0.25, 0.3) is 0 Å². The van der Waals surface area contributed by atoms with Gasteiger partial charge in [-0.2, -0.15) is 0 Å². The molecule has 62 heavy (non-hydrogen) atoms. The third-order valence-electron chi connectivity index (χ3n) is 14.5. The molecule has 3 fully saturated rings. The summed E-state index contributed by atoms with van der Waals surface area (Å²) in [6.45, 7) is 52.5. The maximum atomic E-state index is 11.6. The first-order valence-corrected chi connectivity index (χ1v) is 24.7. The molecular formula is C56H106O6. The molecule has 4 atom stereocenters. The smallest absolute Gasteiger partial charge is 0.306 e. The van der Waals surface area contributed by atoms with Crippen molar-refractivity contribution in [3.8, 4) is 0 Å². The highest BCUT2D eigenvalue weighted by Gasteiger charge is 2.64. The fraction of sp³-hybridized carbons (Fsp3) is 0.911. The lowest BCUT2D eigenvalue weighted by Gasteiger charge is -2.38. The van der Waals surface area contributed by atoms with Gasteiger partial charge in [-0.15, -0.1) is 0 Å². The van der Waals surface area contributed by atoms with Crippen LogP contribution in [0.1, 0.15) is 257 Å². The third-order valence-corrected chi connectivity index (χ3v) is 14.5. The summed E-state index contributed by atoms with van der Waals surface area (Å²) in [5.41, 5.74) is 1.25. The fourth-order valence-electron chi connectivity index (χ4n) is 11.8. The van der Waals surface area contributed by atoms with Crippen LogP contribution in [0.5, 0.6) is 0 Å². The van der Waals surface area contributed by atoms with Crippen molar-refractivity contribution in [3.05, 3.63) is 0 Å². The molecule has 0 heterocycles. The summed E-state index contributed by atoms with van der Waals surface area (Å²) in [4.78, 5) is 56.7. The minimum absolute atomic E-state index is 0.0399. The van der Waals surface area contributed by atoms with E-state index in [1.165, 1.54) is 19.3 Å². The summed E-state index contributed by atoms with van der Waals surface area (Å²) in [6, 6.07) is 0. The number of carbonyl (C=O) groups is 5. The molecule has 4 unspecified atom stereocenters. The Morgan fingerprint density at radius 3 is 1.18 bits per heavy atom. The topological polar surface area (TPSA) is 106 Å². The first-order chi connectivity index (χ1) is 27.4. The standard InChI is InChI=1S/C12H22O.C12H24O.C11H20O2.C11H20O.C10H20O/c1-10(13)12(7-5-6-8-12)9-11(2,3)4;1-7-12(8-2,10(3)13)9-11(4,5)6;1-11(2,3)9-7-5-4-6-8(9)10(12)13;1-7(12)8-9(10(2,3)4)11(8,5)6;1-8(11)10(5,6)7-9(2,3)4/h5-9H2,1-4H3;7-9H2,1-6H3;8-9H,4-7H2,1-3H3,(H,12,13);8-9H,1-6H3;7H2,1-6H3. The summed E-state index contributed by atoms with van der Waals surface area (Å²) in [6.07, 6.45) is 13.9. The molecule has 0 spiro atoms. The molecule has 0 aromatic carbocycles. The summed E-state index contributed by atoms with van der Waals surface area (Å²) >= 11 is 0. The van der Waals surface area contributed by atoms with Crippen LogP contribution in [0.25, 0.3) is 0 Å². The van der Waals surface area contributed by atoms with E-state index in [1.807, 2.05) is 13.8 Å². The SMILES string of the molecule is CC(=O)C(C)(C)CC(C)(C)C.CC(=O)C1(CC(C)(C)C)CCCC1.CC(=O)C1C(C(C)(C)C)C1(C)C.CC(C)(C)C1CCCCC1C(=O)O.CCC(CC)(CC(C)(C)C)C(C)=O. The maximum Gasteiger partial charge on any atom is 0.306 e. The minimum Gasteiger partial charge on any atom is -0.481 e. The summed E-state index contributed by atoms with van der Waals surface area (Å²) in [5, 5.41) is 9.07. The van der Waals surface area contributed by atoms with Gasteiger partial charge in [-0.1, -0.05) is 171 Å². The van der Waals surface area contributed by atoms with Gasteiger partial charge in [0, 0.05) is 22.2 Å². The van der Waals surface area contributed by atoms with E-state index in [0.717, 1.165) is 64.2 Å². The molecule has 366 valence electrons. The van der Waals surface area contributed by atoms with Crippen molar-refractivity contribution in [2.75, 3.05) is 0 Å². The van der Waals surface area contributed by atoms with Crippen LogP contribution in [0.4, 0.5) is 0 Å². The molecule has 6 nitrogen and oxygen atoms in total. The van der Waals surface area contributed by atoms with Gasteiger partial charge >= 0.3 is 5.97 Å². The summed E-state index contributed by atoms with van der Waals surface area (Å²) in [7, 11) is 0.